The first-order chi connectivity index (χ1) is 14.9. The van der Waals surface area contributed by atoms with Crippen LogP contribution in [0.15, 0.2) is 87.2 Å². The molecule has 7 nitrogen and oxygen atoms in total. The summed E-state index contributed by atoms with van der Waals surface area (Å²) in [6.07, 6.45) is 0. The fourth-order valence-electron chi connectivity index (χ4n) is 3.03. The molecule has 1 unspecified atom stereocenters. The van der Waals surface area contributed by atoms with Crippen LogP contribution in [-0.4, -0.2) is 12.6 Å². The summed E-state index contributed by atoms with van der Waals surface area (Å²) in [5.41, 5.74) is 1.34. The Kier molecular flexibility index (Phi) is 5.90. The molecule has 0 aliphatic heterocycles. The lowest BCUT2D eigenvalue weighted by Crippen LogP contribution is -2.56. The smallest absolute Gasteiger partial charge is 0.295 e. The van der Waals surface area contributed by atoms with Crippen LogP contribution in [0.25, 0.3) is 11.0 Å². The summed E-state index contributed by atoms with van der Waals surface area (Å²) in [6.45, 7) is 0. The van der Waals surface area contributed by atoms with Crippen molar-refractivity contribution in [2.45, 2.75) is 15.7 Å². The number of para-hydroxylation sites is 2. The number of benzene rings is 3. The highest BCUT2D eigenvalue weighted by molar-refractivity contribution is 7.92. The van der Waals surface area contributed by atoms with Gasteiger partial charge in [0, 0.05) is 38.2 Å². The van der Waals surface area contributed by atoms with Crippen LogP contribution < -0.4 is 9.90 Å². The number of anilines is 1. The highest BCUT2D eigenvalue weighted by Gasteiger charge is 2.23. The van der Waals surface area contributed by atoms with E-state index in [9.17, 15) is 17.5 Å². The molecule has 0 aliphatic rings. The standard InChI is InChI=1S/C21H15ClN2O5S2/c22-16-9-10-20(30(26)13-15-6-1-3-7-17(15)23-25)18(12-16)24-31(27,28)21-11-14-5-2-4-8-19(14)29-21/h1-12,24H,13H2/p+1. The molecule has 4 aromatic rings. The number of nitrogens with one attached hydrogen (secondary N) is 2. The predicted octanol–water partition coefficient (Wildman–Crippen LogP) is 3.67. The molecule has 3 aromatic carbocycles. The molecule has 31 heavy (non-hydrogen) atoms. The molecule has 1 heterocycles. The molecule has 1 aromatic heterocycles. The van der Waals surface area contributed by atoms with Gasteiger partial charge in [-0.1, -0.05) is 48.0 Å². The second kappa shape index (κ2) is 8.62. The summed E-state index contributed by atoms with van der Waals surface area (Å²) in [7, 11) is -5.77. The van der Waals surface area contributed by atoms with Crippen LogP contribution in [0.2, 0.25) is 5.02 Å². The minimum Gasteiger partial charge on any atom is -0.443 e. The van der Waals surface area contributed by atoms with Gasteiger partial charge in [-0.05, 0) is 24.3 Å². The largest absolute Gasteiger partial charge is 0.443 e. The first-order valence-corrected chi connectivity index (χ1v) is 12.2. The fraction of sp³-hybridized carbons (Fsp3) is 0.0476. The Labute approximate surface area is 185 Å². The van der Waals surface area contributed by atoms with Crippen LogP contribution in [0.1, 0.15) is 5.56 Å². The van der Waals surface area contributed by atoms with Gasteiger partial charge in [0.25, 0.3) is 15.7 Å². The Bertz CT molecular complexity index is 1380. The number of sulfonamides is 1. The van der Waals surface area contributed by atoms with E-state index in [1.165, 1.54) is 24.3 Å². The predicted molar refractivity (Wildman–Crippen MR) is 119 cm³/mol. The van der Waals surface area contributed by atoms with E-state index < -0.39 is 20.8 Å². The minimum absolute atomic E-state index is 0.00636. The molecule has 0 aliphatic carbocycles. The molecular weight excluding hydrogens is 460 g/mol. The van der Waals surface area contributed by atoms with Crippen LogP contribution in [0.5, 0.6) is 0 Å². The Balaban J connectivity index is 1.68. The monoisotopic (exact) mass is 475 g/mol. The summed E-state index contributed by atoms with van der Waals surface area (Å²) in [5, 5.41) is 2.45. The third-order valence-corrected chi connectivity index (χ3v) is 7.39. The normalized spacial score (nSPS) is 12.5. The van der Waals surface area contributed by atoms with E-state index >= 15 is 0 Å². The summed E-state index contributed by atoms with van der Waals surface area (Å²) in [5.74, 6) is 0.00636. The second-order valence-electron chi connectivity index (χ2n) is 6.60. The van der Waals surface area contributed by atoms with Crippen LogP contribution in [-0.2, 0) is 26.6 Å². The van der Waals surface area contributed by atoms with E-state index in [0.29, 0.717) is 22.2 Å². The van der Waals surface area contributed by atoms with E-state index in [1.807, 2.05) is 5.18 Å². The van der Waals surface area contributed by atoms with E-state index in [-0.39, 0.29) is 26.5 Å². The molecule has 0 fully saturated rings. The van der Waals surface area contributed by atoms with Crippen molar-refractivity contribution in [1.29, 1.82) is 0 Å². The Morgan fingerprint density at radius 3 is 2.52 bits per heavy atom. The van der Waals surface area contributed by atoms with E-state index in [4.69, 9.17) is 16.0 Å². The lowest BCUT2D eigenvalue weighted by Gasteiger charge is -2.12. The zero-order valence-corrected chi connectivity index (χ0v) is 18.3. The minimum atomic E-state index is -4.11. The van der Waals surface area contributed by atoms with Crippen molar-refractivity contribution < 1.29 is 22.2 Å². The number of halogens is 1. The zero-order chi connectivity index (χ0) is 22.0. The molecule has 0 bridgehead atoms. The van der Waals surface area contributed by atoms with Crippen LogP contribution in [0, 0.1) is 4.91 Å². The average Bonchev–Trinajstić information content (AvgIpc) is 3.19. The van der Waals surface area contributed by atoms with Crippen molar-refractivity contribution in [3.05, 3.63) is 88.3 Å². The van der Waals surface area contributed by atoms with Gasteiger partial charge >= 0.3 is 0 Å². The summed E-state index contributed by atoms with van der Waals surface area (Å²) in [4.78, 5) is 11.4. The first kappa shape index (κ1) is 21.2. The van der Waals surface area contributed by atoms with Crippen molar-refractivity contribution in [3.63, 3.8) is 0 Å². The van der Waals surface area contributed by atoms with Crippen molar-refractivity contribution >= 4 is 54.8 Å². The van der Waals surface area contributed by atoms with E-state index in [2.05, 4.69) is 4.72 Å². The number of furan rings is 1. The van der Waals surface area contributed by atoms with Gasteiger partial charge in [0.1, 0.15) is 5.58 Å². The maximum atomic E-state index is 13.1. The molecule has 0 saturated heterocycles. The van der Waals surface area contributed by atoms with Gasteiger partial charge in [-0.3, -0.25) is 8.93 Å². The number of rotatable bonds is 7. The molecular formula is C21H16ClN2O5S2+. The number of nitroso groups, excluding NO2 is 1. The summed E-state index contributed by atoms with van der Waals surface area (Å²) in [6, 6.07) is 19.4. The first-order valence-electron chi connectivity index (χ1n) is 9.03. The average molecular weight is 476 g/mol. The van der Waals surface area contributed by atoms with Crippen LogP contribution in [0.3, 0.4) is 0 Å². The van der Waals surface area contributed by atoms with Crippen molar-refractivity contribution in [1.82, 2.24) is 0 Å². The highest BCUT2D eigenvalue weighted by atomic mass is 35.5. The lowest BCUT2D eigenvalue weighted by molar-refractivity contribution is -0.380. The molecule has 1 atom stereocenters. The molecule has 2 N–H and O–H groups in total. The quantitative estimate of drug-likeness (QED) is 0.424. The van der Waals surface area contributed by atoms with E-state index in [0.717, 1.165) is 0 Å². The molecule has 0 radical (unpaired) electrons. The van der Waals surface area contributed by atoms with Crippen molar-refractivity contribution in [3.8, 4) is 0 Å². The van der Waals surface area contributed by atoms with Gasteiger partial charge < -0.3 is 4.42 Å². The Morgan fingerprint density at radius 2 is 1.74 bits per heavy atom. The van der Waals surface area contributed by atoms with Gasteiger partial charge in [-0.25, -0.2) is 0 Å². The highest BCUT2D eigenvalue weighted by Crippen LogP contribution is 2.30. The third-order valence-electron chi connectivity index (χ3n) is 4.51. The fourth-order valence-corrected chi connectivity index (χ4v) is 5.57. The lowest BCUT2D eigenvalue weighted by atomic mass is 10.2. The number of hydrogen-bond donors (Lipinski definition) is 2. The van der Waals surface area contributed by atoms with Gasteiger partial charge in [0.05, 0.1) is 27.1 Å². The van der Waals surface area contributed by atoms with Gasteiger partial charge in [0.2, 0.25) is 5.09 Å². The molecule has 0 saturated carbocycles. The molecule has 158 valence electrons. The van der Waals surface area contributed by atoms with Crippen molar-refractivity contribution in [2.75, 3.05) is 4.72 Å². The second-order valence-corrected chi connectivity index (χ2v) is 10.1. The van der Waals surface area contributed by atoms with Crippen LogP contribution in [0.4, 0.5) is 11.4 Å². The van der Waals surface area contributed by atoms with Gasteiger partial charge in [-0.2, -0.15) is 8.42 Å². The third kappa shape index (κ3) is 4.53. The van der Waals surface area contributed by atoms with E-state index in [1.54, 1.807) is 48.5 Å². The maximum Gasteiger partial charge on any atom is 0.295 e. The van der Waals surface area contributed by atoms with Gasteiger partial charge in [0.15, 0.2) is 0 Å². The Hall–Kier alpha value is -3.01. The molecule has 4 rings (SSSR count). The molecule has 10 heteroatoms. The van der Waals surface area contributed by atoms with Crippen molar-refractivity contribution in [2.24, 2.45) is 0 Å². The van der Waals surface area contributed by atoms with Gasteiger partial charge in [-0.15, -0.1) is 0 Å². The zero-order valence-electron chi connectivity index (χ0n) is 15.9. The SMILES string of the molecule is O=[NH+]c1ccccc1CS(=O)c1ccc(Cl)cc1NS(=O)(=O)c1cc2ccccc2o1. The number of hydrogen-bond acceptors (Lipinski definition) is 5. The topological polar surface area (TPSA) is 107 Å². The number of fused-ring (bicyclic) bond motifs is 1. The maximum absolute atomic E-state index is 13.1. The Morgan fingerprint density at radius 1 is 1.00 bits per heavy atom. The molecule has 0 spiro atoms. The summed E-state index contributed by atoms with van der Waals surface area (Å²) < 4.78 is 46.8. The molecule has 0 amide bonds. The van der Waals surface area contributed by atoms with Crippen LogP contribution >= 0.6 is 11.6 Å². The summed E-state index contributed by atoms with van der Waals surface area (Å²) >= 11 is 6.06.